The summed E-state index contributed by atoms with van der Waals surface area (Å²) in [6.45, 7) is 3.67. The summed E-state index contributed by atoms with van der Waals surface area (Å²) in [5, 5.41) is 2.89. The van der Waals surface area contributed by atoms with E-state index in [2.05, 4.69) is 10.3 Å². The lowest BCUT2D eigenvalue weighted by Gasteiger charge is -2.15. The number of methoxy groups -OCH3 is 2. The number of amides is 1. The number of carbonyl (C=O) groups excluding carboxylic acids is 2. The minimum Gasteiger partial charge on any atom is -0.496 e. The average molecular weight is 408 g/mol. The lowest BCUT2D eigenvalue weighted by atomic mass is 9.86. The molecule has 4 rings (SSSR count). The molecule has 0 fully saturated rings. The number of hydrogen-bond acceptors (Lipinski definition) is 4. The number of hydrogen-bond donors (Lipinski definition) is 2. The number of fused-ring (bicyclic) bond motifs is 1. The van der Waals surface area contributed by atoms with Gasteiger partial charge in [-0.3, -0.25) is 4.79 Å². The van der Waals surface area contributed by atoms with Crippen LogP contribution in [0.5, 0.6) is 5.75 Å². The molecule has 7 heteroatoms. The van der Waals surface area contributed by atoms with E-state index in [1.807, 2.05) is 25.1 Å². The maximum absolute atomic E-state index is 13.8. The van der Waals surface area contributed by atoms with Crippen LogP contribution in [0.25, 0.3) is 11.3 Å². The molecule has 0 radical (unpaired) electrons. The van der Waals surface area contributed by atoms with Gasteiger partial charge in [-0.25, -0.2) is 9.18 Å². The predicted octanol–water partition coefficient (Wildman–Crippen LogP) is 4.32. The highest BCUT2D eigenvalue weighted by atomic mass is 19.1. The number of anilines is 1. The second-order valence-electron chi connectivity index (χ2n) is 7.26. The van der Waals surface area contributed by atoms with Gasteiger partial charge in [-0.15, -0.1) is 0 Å². The summed E-state index contributed by atoms with van der Waals surface area (Å²) in [5.41, 5.74) is 4.82. The molecule has 0 aliphatic carbocycles. The summed E-state index contributed by atoms with van der Waals surface area (Å²) in [6, 6.07) is 9.82. The van der Waals surface area contributed by atoms with Gasteiger partial charge in [0.2, 0.25) is 5.91 Å². The Bertz CT molecular complexity index is 1180. The fourth-order valence-electron chi connectivity index (χ4n) is 4.05. The van der Waals surface area contributed by atoms with Gasteiger partial charge in [0, 0.05) is 28.6 Å². The SMILES string of the molecule is COC(=O)c1c(C)[nH]c(-c2ccc(F)cc2OC)c1[C@@H]1C(=O)Nc2ccc(C)cc21. The van der Waals surface area contributed by atoms with Gasteiger partial charge in [-0.1, -0.05) is 17.7 Å². The Morgan fingerprint density at radius 1 is 1.10 bits per heavy atom. The fraction of sp³-hybridized carbons (Fsp3) is 0.217. The molecule has 30 heavy (non-hydrogen) atoms. The maximum Gasteiger partial charge on any atom is 0.340 e. The van der Waals surface area contributed by atoms with Crippen LogP contribution in [-0.4, -0.2) is 31.1 Å². The zero-order valence-corrected chi connectivity index (χ0v) is 17.1. The zero-order valence-electron chi connectivity index (χ0n) is 17.1. The molecule has 6 nitrogen and oxygen atoms in total. The van der Waals surface area contributed by atoms with Gasteiger partial charge in [-0.2, -0.15) is 0 Å². The number of rotatable bonds is 4. The second kappa shape index (κ2) is 7.33. The third kappa shape index (κ3) is 3.03. The first-order chi connectivity index (χ1) is 14.3. The van der Waals surface area contributed by atoms with Crippen LogP contribution in [0.1, 0.15) is 38.7 Å². The van der Waals surface area contributed by atoms with Crippen LogP contribution in [0, 0.1) is 19.7 Å². The first-order valence-corrected chi connectivity index (χ1v) is 9.41. The van der Waals surface area contributed by atoms with Crippen LogP contribution in [-0.2, 0) is 9.53 Å². The molecule has 2 aromatic carbocycles. The average Bonchev–Trinajstić information content (AvgIpc) is 3.22. The fourth-order valence-corrected chi connectivity index (χ4v) is 4.05. The first-order valence-electron chi connectivity index (χ1n) is 9.41. The molecular formula is C23H21FN2O4. The van der Waals surface area contributed by atoms with E-state index >= 15 is 0 Å². The van der Waals surface area contributed by atoms with Crippen LogP contribution >= 0.6 is 0 Å². The third-order valence-electron chi connectivity index (χ3n) is 5.38. The van der Waals surface area contributed by atoms with E-state index in [1.54, 1.807) is 13.0 Å². The molecule has 0 bridgehead atoms. The molecule has 1 aromatic heterocycles. The van der Waals surface area contributed by atoms with Crippen molar-refractivity contribution in [3.05, 3.63) is 70.2 Å². The van der Waals surface area contributed by atoms with Crippen LogP contribution in [0.15, 0.2) is 36.4 Å². The van der Waals surface area contributed by atoms with E-state index in [1.165, 1.54) is 26.4 Å². The van der Waals surface area contributed by atoms with Crippen molar-refractivity contribution < 1.29 is 23.5 Å². The van der Waals surface area contributed by atoms with Crippen LogP contribution in [0.2, 0.25) is 0 Å². The minimum atomic E-state index is -0.733. The highest BCUT2D eigenvalue weighted by Crippen LogP contribution is 2.45. The van der Waals surface area contributed by atoms with Crippen molar-refractivity contribution in [1.82, 2.24) is 4.98 Å². The Morgan fingerprint density at radius 2 is 1.87 bits per heavy atom. The van der Waals surface area contributed by atoms with E-state index in [9.17, 15) is 14.0 Å². The van der Waals surface area contributed by atoms with E-state index in [0.29, 0.717) is 28.2 Å². The van der Waals surface area contributed by atoms with Crippen LogP contribution < -0.4 is 10.1 Å². The number of esters is 1. The molecule has 1 amide bonds. The lowest BCUT2D eigenvalue weighted by Crippen LogP contribution is -2.17. The number of ether oxygens (including phenoxy) is 2. The molecule has 2 N–H and O–H groups in total. The Labute approximate surface area is 173 Å². The molecule has 1 atom stereocenters. The number of aromatic amines is 1. The van der Waals surface area contributed by atoms with Crippen LogP contribution in [0.4, 0.5) is 10.1 Å². The van der Waals surface area contributed by atoms with E-state index in [4.69, 9.17) is 9.47 Å². The number of nitrogens with one attached hydrogen (secondary N) is 2. The van der Waals surface area contributed by atoms with Gasteiger partial charge < -0.3 is 19.8 Å². The number of halogens is 1. The van der Waals surface area contributed by atoms with Crippen molar-refractivity contribution in [3.63, 3.8) is 0 Å². The maximum atomic E-state index is 13.8. The first kappa shape index (κ1) is 19.7. The molecule has 0 unspecified atom stereocenters. The van der Waals surface area contributed by atoms with Crippen molar-refractivity contribution in [1.29, 1.82) is 0 Å². The summed E-state index contributed by atoms with van der Waals surface area (Å²) >= 11 is 0. The molecule has 3 aromatic rings. The van der Waals surface area contributed by atoms with Crippen molar-refractivity contribution in [2.45, 2.75) is 19.8 Å². The minimum absolute atomic E-state index is 0.248. The van der Waals surface area contributed by atoms with Crippen LogP contribution in [0.3, 0.4) is 0 Å². The van der Waals surface area contributed by atoms with E-state index in [-0.39, 0.29) is 17.2 Å². The highest BCUT2D eigenvalue weighted by Gasteiger charge is 2.39. The Balaban J connectivity index is 2.04. The molecule has 154 valence electrons. The predicted molar refractivity (Wildman–Crippen MR) is 110 cm³/mol. The quantitative estimate of drug-likeness (QED) is 0.630. The number of H-pyrrole nitrogens is 1. The monoisotopic (exact) mass is 408 g/mol. The standard InChI is InChI=1S/C23H21FN2O4/c1-11-5-8-16-15(9-11)19(22(27)26-16)20-18(23(28)30-4)12(2)25-21(20)14-7-6-13(24)10-17(14)29-3/h5-10,19,25H,1-4H3,(H,26,27)/t19-/m1/s1. The zero-order chi connectivity index (χ0) is 21.6. The van der Waals surface area contributed by atoms with Crippen molar-refractivity contribution >= 4 is 17.6 Å². The Kier molecular flexibility index (Phi) is 4.81. The summed E-state index contributed by atoms with van der Waals surface area (Å²) in [5.74, 6) is -1.70. The number of carbonyl (C=O) groups is 2. The Hall–Kier alpha value is -3.61. The number of benzene rings is 2. The lowest BCUT2D eigenvalue weighted by molar-refractivity contribution is -0.116. The summed E-state index contributed by atoms with van der Waals surface area (Å²) < 4.78 is 24.2. The van der Waals surface area contributed by atoms with Crippen molar-refractivity contribution in [3.8, 4) is 17.0 Å². The van der Waals surface area contributed by atoms with Gasteiger partial charge in [0.1, 0.15) is 11.6 Å². The topological polar surface area (TPSA) is 80.4 Å². The van der Waals surface area contributed by atoms with Crippen molar-refractivity contribution in [2.75, 3.05) is 19.5 Å². The van der Waals surface area contributed by atoms with Crippen molar-refractivity contribution in [2.24, 2.45) is 0 Å². The second-order valence-corrected chi connectivity index (χ2v) is 7.26. The van der Waals surface area contributed by atoms with Gasteiger partial charge >= 0.3 is 5.97 Å². The summed E-state index contributed by atoms with van der Waals surface area (Å²) in [7, 11) is 2.74. The molecule has 1 aliphatic heterocycles. The van der Waals surface area contributed by atoms with Gasteiger partial charge in [-0.05, 0) is 37.6 Å². The van der Waals surface area contributed by atoms with E-state index in [0.717, 1.165) is 11.1 Å². The molecule has 2 heterocycles. The molecule has 0 spiro atoms. The largest absolute Gasteiger partial charge is 0.496 e. The smallest absolute Gasteiger partial charge is 0.340 e. The third-order valence-corrected chi connectivity index (χ3v) is 5.38. The summed E-state index contributed by atoms with van der Waals surface area (Å²) in [4.78, 5) is 28.9. The Morgan fingerprint density at radius 3 is 2.57 bits per heavy atom. The van der Waals surface area contributed by atoms with Gasteiger partial charge in [0.25, 0.3) is 0 Å². The molecule has 1 aliphatic rings. The number of aromatic nitrogens is 1. The van der Waals surface area contributed by atoms with Gasteiger partial charge in [0.05, 0.1) is 31.4 Å². The molecular weight excluding hydrogens is 387 g/mol. The summed E-state index contributed by atoms with van der Waals surface area (Å²) in [6.07, 6.45) is 0. The van der Waals surface area contributed by atoms with E-state index < -0.39 is 17.7 Å². The van der Waals surface area contributed by atoms with Gasteiger partial charge in [0.15, 0.2) is 0 Å². The molecule has 0 saturated carbocycles. The molecule has 0 saturated heterocycles. The highest BCUT2D eigenvalue weighted by molar-refractivity contribution is 6.09. The number of aryl methyl sites for hydroxylation is 2. The normalized spacial score (nSPS) is 15.0.